The minimum Gasteiger partial charge on any atom is -0.376 e. The standard InChI is InChI=1S/C10H18N2O2/c13-10(8-3-4-11-6-8)12-7-9-2-1-5-14-9/h8-9,11H,1-7H2,(H,12,13). The van der Waals surface area contributed by atoms with Crippen molar-refractivity contribution in [2.24, 2.45) is 5.92 Å². The molecular weight excluding hydrogens is 180 g/mol. The summed E-state index contributed by atoms with van der Waals surface area (Å²) in [5, 5.41) is 6.15. The molecule has 4 nitrogen and oxygen atoms in total. The Balaban J connectivity index is 1.66. The molecule has 0 spiro atoms. The second kappa shape index (κ2) is 4.75. The first kappa shape index (κ1) is 9.93. The first-order valence-corrected chi connectivity index (χ1v) is 5.46. The number of hydrogen-bond acceptors (Lipinski definition) is 3. The van der Waals surface area contributed by atoms with E-state index in [0.717, 1.165) is 39.0 Å². The van der Waals surface area contributed by atoms with Crippen molar-refractivity contribution < 1.29 is 9.53 Å². The summed E-state index contributed by atoms with van der Waals surface area (Å²) >= 11 is 0. The number of carbonyl (C=O) groups excluding carboxylic acids is 1. The third kappa shape index (κ3) is 2.45. The maximum atomic E-state index is 11.6. The molecule has 2 fully saturated rings. The Bertz CT molecular complexity index is 196. The highest BCUT2D eigenvalue weighted by atomic mass is 16.5. The lowest BCUT2D eigenvalue weighted by atomic mass is 10.1. The van der Waals surface area contributed by atoms with Crippen molar-refractivity contribution in [2.45, 2.75) is 25.4 Å². The summed E-state index contributed by atoms with van der Waals surface area (Å²) in [5.74, 6) is 0.363. The molecule has 0 saturated carbocycles. The molecule has 2 unspecified atom stereocenters. The molecule has 14 heavy (non-hydrogen) atoms. The fourth-order valence-corrected chi connectivity index (χ4v) is 2.04. The fraction of sp³-hybridized carbons (Fsp3) is 0.900. The van der Waals surface area contributed by atoms with Gasteiger partial charge in [-0.05, 0) is 25.8 Å². The van der Waals surface area contributed by atoms with Crippen LogP contribution in [-0.2, 0) is 9.53 Å². The highest BCUT2D eigenvalue weighted by Gasteiger charge is 2.23. The first-order chi connectivity index (χ1) is 6.86. The van der Waals surface area contributed by atoms with Crippen molar-refractivity contribution in [3.63, 3.8) is 0 Å². The van der Waals surface area contributed by atoms with E-state index in [1.807, 2.05) is 0 Å². The highest BCUT2D eigenvalue weighted by molar-refractivity contribution is 5.79. The van der Waals surface area contributed by atoms with Crippen molar-refractivity contribution in [3.05, 3.63) is 0 Å². The van der Waals surface area contributed by atoms with Crippen molar-refractivity contribution >= 4 is 5.91 Å². The smallest absolute Gasteiger partial charge is 0.224 e. The highest BCUT2D eigenvalue weighted by Crippen LogP contribution is 2.11. The molecule has 0 aromatic rings. The second-order valence-corrected chi connectivity index (χ2v) is 4.07. The van der Waals surface area contributed by atoms with Crippen LogP contribution in [0.2, 0.25) is 0 Å². The van der Waals surface area contributed by atoms with E-state index in [4.69, 9.17) is 4.74 Å². The lowest BCUT2D eigenvalue weighted by molar-refractivity contribution is -0.124. The van der Waals surface area contributed by atoms with Crippen LogP contribution in [0.1, 0.15) is 19.3 Å². The Morgan fingerprint density at radius 1 is 1.50 bits per heavy atom. The minimum atomic E-state index is 0.177. The predicted molar refractivity (Wildman–Crippen MR) is 53.0 cm³/mol. The van der Waals surface area contributed by atoms with Crippen LogP contribution in [0.15, 0.2) is 0 Å². The van der Waals surface area contributed by atoms with Crippen LogP contribution in [0.4, 0.5) is 0 Å². The molecule has 80 valence electrons. The summed E-state index contributed by atoms with van der Waals surface area (Å²) in [6.07, 6.45) is 3.44. The van der Waals surface area contributed by atoms with Crippen LogP contribution >= 0.6 is 0 Å². The zero-order valence-corrected chi connectivity index (χ0v) is 8.42. The lowest BCUT2D eigenvalue weighted by Gasteiger charge is -2.13. The first-order valence-electron chi connectivity index (χ1n) is 5.46. The molecule has 2 N–H and O–H groups in total. The Morgan fingerprint density at radius 3 is 3.07 bits per heavy atom. The Labute approximate surface area is 84.4 Å². The van der Waals surface area contributed by atoms with Gasteiger partial charge in [-0.3, -0.25) is 4.79 Å². The Hall–Kier alpha value is -0.610. The molecule has 2 heterocycles. The summed E-state index contributed by atoms with van der Waals surface area (Å²) < 4.78 is 5.44. The molecule has 0 aliphatic carbocycles. The molecule has 0 aromatic carbocycles. The topological polar surface area (TPSA) is 50.4 Å². The van der Waals surface area contributed by atoms with Crippen LogP contribution in [0.25, 0.3) is 0 Å². The van der Waals surface area contributed by atoms with Crippen molar-refractivity contribution in [1.82, 2.24) is 10.6 Å². The van der Waals surface area contributed by atoms with Gasteiger partial charge in [0.25, 0.3) is 0 Å². The number of ether oxygens (including phenoxy) is 1. The molecule has 2 aliphatic heterocycles. The molecule has 0 aromatic heterocycles. The Morgan fingerprint density at radius 2 is 2.43 bits per heavy atom. The van der Waals surface area contributed by atoms with Gasteiger partial charge in [-0.25, -0.2) is 0 Å². The lowest BCUT2D eigenvalue weighted by Crippen LogP contribution is -2.36. The molecule has 2 aliphatic rings. The van der Waals surface area contributed by atoms with Gasteiger partial charge >= 0.3 is 0 Å². The maximum absolute atomic E-state index is 11.6. The predicted octanol–water partition coefficient (Wildman–Crippen LogP) is -0.109. The van der Waals surface area contributed by atoms with E-state index in [-0.39, 0.29) is 17.9 Å². The van der Waals surface area contributed by atoms with E-state index in [1.54, 1.807) is 0 Å². The van der Waals surface area contributed by atoms with Gasteiger partial charge < -0.3 is 15.4 Å². The second-order valence-electron chi connectivity index (χ2n) is 4.07. The number of nitrogens with one attached hydrogen (secondary N) is 2. The van der Waals surface area contributed by atoms with Crippen LogP contribution in [0.5, 0.6) is 0 Å². The van der Waals surface area contributed by atoms with Gasteiger partial charge in [-0.1, -0.05) is 0 Å². The SMILES string of the molecule is O=C(NCC1CCCO1)C1CCNC1. The van der Waals surface area contributed by atoms with Gasteiger partial charge in [0.05, 0.1) is 12.0 Å². The Kier molecular flexibility index (Phi) is 3.37. The van der Waals surface area contributed by atoms with Crippen LogP contribution in [0, 0.1) is 5.92 Å². The number of carbonyl (C=O) groups is 1. The van der Waals surface area contributed by atoms with E-state index in [2.05, 4.69) is 10.6 Å². The molecule has 2 saturated heterocycles. The van der Waals surface area contributed by atoms with Gasteiger partial charge in [0.1, 0.15) is 0 Å². The van der Waals surface area contributed by atoms with Gasteiger partial charge in [0.2, 0.25) is 5.91 Å². The fourth-order valence-electron chi connectivity index (χ4n) is 2.04. The summed E-state index contributed by atoms with van der Waals surface area (Å²) in [4.78, 5) is 11.6. The van der Waals surface area contributed by atoms with E-state index in [1.165, 1.54) is 0 Å². The van der Waals surface area contributed by atoms with Crippen molar-refractivity contribution in [2.75, 3.05) is 26.2 Å². The quantitative estimate of drug-likeness (QED) is 0.665. The normalized spacial score (nSPS) is 32.0. The zero-order chi connectivity index (χ0) is 9.80. The molecule has 2 atom stereocenters. The monoisotopic (exact) mass is 198 g/mol. The van der Waals surface area contributed by atoms with E-state index in [9.17, 15) is 4.79 Å². The van der Waals surface area contributed by atoms with Crippen molar-refractivity contribution in [1.29, 1.82) is 0 Å². The molecule has 4 heteroatoms. The molecular formula is C10H18N2O2. The minimum absolute atomic E-state index is 0.177. The average Bonchev–Trinajstić information content (AvgIpc) is 2.87. The molecule has 0 radical (unpaired) electrons. The van der Waals surface area contributed by atoms with E-state index >= 15 is 0 Å². The third-order valence-electron chi connectivity index (χ3n) is 2.96. The third-order valence-corrected chi connectivity index (χ3v) is 2.96. The van der Waals surface area contributed by atoms with Crippen molar-refractivity contribution in [3.8, 4) is 0 Å². The van der Waals surface area contributed by atoms with Crippen LogP contribution < -0.4 is 10.6 Å². The molecule has 1 amide bonds. The van der Waals surface area contributed by atoms with E-state index in [0.29, 0.717) is 6.54 Å². The number of hydrogen-bond donors (Lipinski definition) is 2. The largest absolute Gasteiger partial charge is 0.376 e. The van der Waals surface area contributed by atoms with Gasteiger partial charge in [0.15, 0.2) is 0 Å². The summed E-state index contributed by atoms with van der Waals surface area (Å²) in [6, 6.07) is 0. The van der Waals surface area contributed by atoms with Crippen LogP contribution in [0.3, 0.4) is 0 Å². The zero-order valence-electron chi connectivity index (χ0n) is 8.42. The van der Waals surface area contributed by atoms with Gasteiger partial charge in [-0.15, -0.1) is 0 Å². The molecule has 2 rings (SSSR count). The van der Waals surface area contributed by atoms with Crippen LogP contribution in [-0.4, -0.2) is 38.3 Å². The summed E-state index contributed by atoms with van der Waals surface area (Å²) in [6.45, 7) is 3.34. The summed E-state index contributed by atoms with van der Waals surface area (Å²) in [5.41, 5.74) is 0. The molecule has 0 bridgehead atoms. The van der Waals surface area contributed by atoms with E-state index < -0.39 is 0 Å². The summed E-state index contributed by atoms with van der Waals surface area (Å²) in [7, 11) is 0. The average molecular weight is 198 g/mol. The maximum Gasteiger partial charge on any atom is 0.224 e. The number of amides is 1. The van der Waals surface area contributed by atoms with Gasteiger partial charge in [0, 0.05) is 19.7 Å². The van der Waals surface area contributed by atoms with Gasteiger partial charge in [-0.2, -0.15) is 0 Å². The number of rotatable bonds is 3.